The van der Waals surface area contributed by atoms with Crippen molar-refractivity contribution in [1.29, 1.82) is 0 Å². The van der Waals surface area contributed by atoms with Gasteiger partial charge in [0.2, 0.25) is 0 Å². The lowest BCUT2D eigenvalue weighted by Gasteiger charge is -2.42. The van der Waals surface area contributed by atoms with Gasteiger partial charge < -0.3 is 14.6 Å². The zero-order valence-corrected chi connectivity index (χ0v) is 12.9. The van der Waals surface area contributed by atoms with E-state index in [0.29, 0.717) is 12.8 Å². The second-order valence-corrected chi connectivity index (χ2v) is 11.7. The molecular formula is C13H28O3Si. The van der Waals surface area contributed by atoms with Crippen LogP contribution in [-0.4, -0.2) is 36.8 Å². The van der Waals surface area contributed by atoms with Crippen LogP contribution < -0.4 is 0 Å². The van der Waals surface area contributed by atoms with Crippen molar-refractivity contribution in [3.63, 3.8) is 0 Å². The molecule has 0 aromatic carbocycles. The first-order valence-electron chi connectivity index (χ1n) is 6.63. The van der Waals surface area contributed by atoms with E-state index in [1.54, 1.807) is 0 Å². The van der Waals surface area contributed by atoms with Crippen molar-refractivity contribution in [2.24, 2.45) is 0 Å². The van der Waals surface area contributed by atoms with Gasteiger partial charge in [0.15, 0.2) is 8.32 Å². The van der Waals surface area contributed by atoms with E-state index in [1.807, 2.05) is 0 Å². The highest BCUT2D eigenvalue weighted by molar-refractivity contribution is 6.74. The van der Waals surface area contributed by atoms with Gasteiger partial charge in [-0.1, -0.05) is 33.6 Å². The minimum absolute atomic E-state index is 0.142. The molecule has 0 unspecified atom stereocenters. The lowest BCUT2D eigenvalue weighted by atomic mass is 9.83. The Morgan fingerprint density at radius 2 is 1.88 bits per heavy atom. The van der Waals surface area contributed by atoms with Crippen molar-refractivity contribution in [2.75, 3.05) is 6.61 Å². The number of aliphatic hydroxyl groups excluding tert-OH is 1. The molecule has 0 spiro atoms. The fraction of sp³-hybridized carbons (Fsp3) is 1.00. The van der Waals surface area contributed by atoms with E-state index in [9.17, 15) is 10.2 Å². The SMILES string of the molecule is CC(C)(C)[Si](C)(C)OC[C@@]1(O)CCCC[C@@H]1O. The highest BCUT2D eigenvalue weighted by Gasteiger charge is 2.43. The van der Waals surface area contributed by atoms with Crippen LogP contribution in [0.15, 0.2) is 0 Å². The Kier molecular flexibility index (Phi) is 4.45. The minimum atomic E-state index is -1.84. The number of aliphatic hydroxyl groups is 2. The number of hydrogen-bond acceptors (Lipinski definition) is 3. The molecule has 4 heteroatoms. The van der Waals surface area contributed by atoms with Gasteiger partial charge in [0.05, 0.1) is 12.7 Å². The van der Waals surface area contributed by atoms with Gasteiger partial charge in [-0.3, -0.25) is 0 Å². The normalized spacial score (nSPS) is 31.6. The van der Waals surface area contributed by atoms with Crippen molar-refractivity contribution in [3.05, 3.63) is 0 Å². The molecule has 0 saturated heterocycles. The van der Waals surface area contributed by atoms with Crippen LogP contribution in [0, 0.1) is 0 Å². The fourth-order valence-corrected chi connectivity index (χ4v) is 2.94. The van der Waals surface area contributed by atoms with E-state index in [0.717, 1.165) is 12.8 Å². The molecule has 3 nitrogen and oxygen atoms in total. The predicted molar refractivity (Wildman–Crippen MR) is 72.6 cm³/mol. The smallest absolute Gasteiger partial charge is 0.192 e. The Labute approximate surface area is 106 Å². The maximum Gasteiger partial charge on any atom is 0.192 e. The van der Waals surface area contributed by atoms with Crippen LogP contribution in [0.3, 0.4) is 0 Å². The summed E-state index contributed by atoms with van der Waals surface area (Å²) in [6.07, 6.45) is 2.71. The summed E-state index contributed by atoms with van der Waals surface area (Å²) < 4.78 is 6.04. The summed E-state index contributed by atoms with van der Waals surface area (Å²) in [4.78, 5) is 0. The van der Waals surface area contributed by atoms with E-state index in [-0.39, 0.29) is 11.6 Å². The Morgan fingerprint density at radius 1 is 1.29 bits per heavy atom. The topological polar surface area (TPSA) is 49.7 Å². The van der Waals surface area contributed by atoms with Crippen LogP contribution in [0.4, 0.5) is 0 Å². The molecule has 0 heterocycles. The molecule has 1 fully saturated rings. The Bertz CT molecular complexity index is 260. The second kappa shape index (κ2) is 5.00. The third-order valence-electron chi connectivity index (χ3n) is 4.45. The summed E-state index contributed by atoms with van der Waals surface area (Å²) in [5.41, 5.74) is -1.02. The fourth-order valence-electron chi connectivity index (χ4n) is 1.89. The molecule has 2 N–H and O–H groups in total. The molecule has 0 bridgehead atoms. The van der Waals surface area contributed by atoms with Gasteiger partial charge in [0, 0.05) is 0 Å². The molecule has 102 valence electrons. The van der Waals surface area contributed by atoms with Gasteiger partial charge in [-0.05, 0) is 31.0 Å². The predicted octanol–water partition coefficient (Wildman–Crippen LogP) is 2.67. The monoisotopic (exact) mass is 260 g/mol. The van der Waals surface area contributed by atoms with Gasteiger partial charge in [-0.25, -0.2) is 0 Å². The first kappa shape index (κ1) is 15.2. The molecule has 1 rings (SSSR count). The molecule has 1 saturated carbocycles. The van der Waals surface area contributed by atoms with Crippen molar-refractivity contribution < 1.29 is 14.6 Å². The molecule has 0 aliphatic heterocycles. The van der Waals surface area contributed by atoms with E-state index >= 15 is 0 Å². The second-order valence-electron chi connectivity index (χ2n) is 6.91. The Hall–Kier alpha value is 0.0969. The molecule has 0 radical (unpaired) electrons. The molecule has 1 aliphatic carbocycles. The van der Waals surface area contributed by atoms with Crippen LogP contribution in [0.2, 0.25) is 18.1 Å². The maximum absolute atomic E-state index is 10.4. The van der Waals surface area contributed by atoms with Crippen LogP contribution in [0.1, 0.15) is 46.5 Å². The molecule has 2 atom stereocenters. The van der Waals surface area contributed by atoms with Crippen molar-refractivity contribution in [2.45, 2.75) is 76.3 Å². The zero-order valence-electron chi connectivity index (χ0n) is 11.9. The van der Waals surface area contributed by atoms with Gasteiger partial charge in [-0.2, -0.15) is 0 Å². The first-order valence-corrected chi connectivity index (χ1v) is 9.54. The first-order chi connectivity index (χ1) is 7.58. The van der Waals surface area contributed by atoms with Crippen molar-refractivity contribution in [3.8, 4) is 0 Å². The molecule has 1 aliphatic rings. The molecule has 0 amide bonds. The highest BCUT2D eigenvalue weighted by atomic mass is 28.4. The van der Waals surface area contributed by atoms with Crippen LogP contribution in [0.5, 0.6) is 0 Å². The standard InChI is InChI=1S/C13H28O3Si/c1-12(2,3)17(4,5)16-10-13(15)9-7-6-8-11(13)14/h11,14-15H,6-10H2,1-5H3/t11-,13-/m0/s1. The number of hydrogen-bond donors (Lipinski definition) is 2. The van der Waals surface area contributed by atoms with Crippen LogP contribution in [0.25, 0.3) is 0 Å². The maximum atomic E-state index is 10.4. The largest absolute Gasteiger partial charge is 0.414 e. The summed E-state index contributed by atoms with van der Waals surface area (Å²) in [5, 5.41) is 20.5. The van der Waals surface area contributed by atoms with Crippen LogP contribution in [-0.2, 0) is 4.43 Å². The number of rotatable bonds is 3. The lowest BCUT2D eigenvalue weighted by Crippen LogP contribution is -2.52. The Balaban J connectivity index is 2.60. The summed E-state index contributed by atoms with van der Waals surface area (Å²) in [6, 6.07) is 0. The molecule has 0 aromatic heterocycles. The molecule has 17 heavy (non-hydrogen) atoms. The summed E-state index contributed by atoms with van der Waals surface area (Å²) in [7, 11) is -1.84. The van der Waals surface area contributed by atoms with E-state index in [2.05, 4.69) is 33.9 Å². The van der Waals surface area contributed by atoms with Crippen molar-refractivity contribution >= 4 is 8.32 Å². The average molecular weight is 260 g/mol. The zero-order chi connectivity index (χ0) is 13.3. The van der Waals surface area contributed by atoms with E-state index in [4.69, 9.17) is 4.43 Å². The summed E-state index contributed by atoms with van der Waals surface area (Å²) in [5.74, 6) is 0. The summed E-state index contributed by atoms with van der Waals surface area (Å²) in [6.45, 7) is 11.2. The van der Waals surface area contributed by atoms with Gasteiger partial charge in [0.1, 0.15) is 5.60 Å². The highest BCUT2D eigenvalue weighted by Crippen LogP contribution is 2.38. The van der Waals surface area contributed by atoms with E-state index in [1.165, 1.54) is 0 Å². The Morgan fingerprint density at radius 3 is 2.35 bits per heavy atom. The third kappa shape index (κ3) is 3.53. The van der Waals surface area contributed by atoms with Gasteiger partial charge in [0.25, 0.3) is 0 Å². The van der Waals surface area contributed by atoms with Gasteiger partial charge >= 0.3 is 0 Å². The third-order valence-corrected chi connectivity index (χ3v) is 8.93. The lowest BCUT2D eigenvalue weighted by molar-refractivity contribution is -0.123. The quantitative estimate of drug-likeness (QED) is 0.767. The molecule has 0 aromatic rings. The van der Waals surface area contributed by atoms with Gasteiger partial charge in [-0.15, -0.1) is 0 Å². The van der Waals surface area contributed by atoms with Crippen LogP contribution >= 0.6 is 0 Å². The average Bonchev–Trinajstić information content (AvgIpc) is 2.19. The van der Waals surface area contributed by atoms with E-state index < -0.39 is 20.0 Å². The summed E-state index contributed by atoms with van der Waals surface area (Å²) >= 11 is 0. The molecular weight excluding hydrogens is 232 g/mol. The minimum Gasteiger partial charge on any atom is -0.414 e. The van der Waals surface area contributed by atoms with Crippen molar-refractivity contribution in [1.82, 2.24) is 0 Å².